The minimum atomic E-state index is -4.62. The van der Waals surface area contributed by atoms with Gasteiger partial charge in [-0.15, -0.1) is 0 Å². The molecule has 1 aliphatic rings. The Bertz CT molecular complexity index is 583. The Balaban J connectivity index is 2.24. The number of carbonyl (C=O) groups excluding carboxylic acids is 1. The predicted molar refractivity (Wildman–Crippen MR) is 64.3 cm³/mol. The van der Waals surface area contributed by atoms with E-state index in [0.29, 0.717) is 12.0 Å². The zero-order valence-electron chi connectivity index (χ0n) is 11.1. The molecule has 1 fully saturated rings. The van der Waals surface area contributed by atoms with Gasteiger partial charge in [-0.1, -0.05) is 0 Å². The Morgan fingerprint density at radius 3 is 2.90 bits per heavy atom. The molecule has 1 aliphatic heterocycles. The van der Waals surface area contributed by atoms with Crippen molar-refractivity contribution in [2.24, 2.45) is 5.92 Å². The molecule has 0 aromatic carbocycles. The van der Waals surface area contributed by atoms with Gasteiger partial charge in [-0.05, 0) is 18.6 Å². The summed E-state index contributed by atoms with van der Waals surface area (Å²) in [5, 5.41) is 9.57. The van der Waals surface area contributed by atoms with E-state index in [9.17, 15) is 18.0 Å². The molecule has 2 heterocycles. The molecule has 2 rings (SSSR count). The van der Waals surface area contributed by atoms with Crippen LogP contribution in [0.25, 0.3) is 0 Å². The maximum Gasteiger partial charge on any atom is 0.400 e. The molecule has 8 heteroatoms. The van der Waals surface area contributed by atoms with E-state index in [-0.39, 0.29) is 12.2 Å². The first kappa shape index (κ1) is 15.3. The second-order valence-electron chi connectivity index (χ2n) is 4.68. The first-order valence-electron chi connectivity index (χ1n) is 6.22. The third kappa shape index (κ3) is 3.13. The number of hydrogen-bond donors (Lipinski definition) is 0. The van der Waals surface area contributed by atoms with Crippen LogP contribution in [-0.4, -0.2) is 28.7 Å². The smallest absolute Gasteiger partial charge is 0.272 e. The summed E-state index contributed by atoms with van der Waals surface area (Å²) in [6.07, 6.45) is -1.52. The second-order valence-corrected chi connectivity index (χ2v) is 4.68. The minimum absolute atomic E-state index is 0.137. The van der Waals surface area contributed by atoms with Crippen molar-refractivity contribution in [3.8, 4) is 6.07 Å². The molecule has 0 spiro atoms. The van der Waals surface area contributed by atoms with Crippen molar-refractivity contribution in [1.29, 1.82) is 5.26 Å². The summed E-state index contributed by atoms with van der Waals surface area (Å²) >= 11 is 0. The molecule has 1 aromatic rings. The van der Waals surface area contributed by atoms with Crippen molar-refractivity contribution in [2.75, 3.05) is 6.61 Å². The van der Waals surface area contributed by atoms with E-state index in [0.717, 1.165) is 12.0 Å². The zero-order valence-corrected chi connectivity index (χ0v) is 11.1. The van der Waals surface area contributed by atoms with Gasteiger partial charge in [0.15, 0.2) is 0 Å². The molecule has 0 saturated carbocycles. The van der Waals surface area contributed by atoms with Crippen LogP contribution in [0.2, 0.25) is 0 Å². The molecule has 0 bridgehead atoms. The molecule has 0 N–H and O–H groups in total. The molecule has 1 unspecified atom stereocenters. The fraction of sp³-hybridized carbons (Fsp3) is 0.462. The molecule has 5 nitrogen and oxygen atoms in total. The maximum absolute atomic E-state index is 12.6. The van der Waals surface area contributed by atoms with Gasteiger partial charge >= 0.3 is 6.18 Å². The lowest BCUT2D eigenvalue weighted by Crippen LogP contribution is -2.40. The third-order valence-corrected chi connectivity index (χ3v) is 3.26. The maximum atomic E-state index is 12.6. The quantitative estimate of drug-likeness (QED) is 0.840. The summed E-state index contributed by atoms with van der Waals surface area (Å²) in [7, 11) is 0. The highest BCUT2D eigenvalue weighted by Crippen LogP contribution is 2.35. The number of pyridine rings is 1. The topological polar surface area (TPSA) is 66.2 Å². The molecule has 0 radical (unpaired) electrons. The lowest BCUT2D eigenvalue weighted by molar-refractivity contribution is -0.213. The highest BCUT2D eigenvalue weighted by atomic mass is 19.4. The number of halogens is 3. The van der Waals surface area contributed by atoms with Crippen molar-refractivity contribution >= 4 is 5.91 Å². The average Bonchev–Trinajstić information content (AvgIpc) is 2.94. The zero-order chi connectivity index (χ0) is 15.6. The first-order valence-corrected chi connectivity index (χ1v) is 6.22. The molecule has 1 amide bonds. The fourth-order valence-corrected chi connectivity index (χ4v) is 2.02. The highest BCUT2D eigenvalue weighted by molar-refractivity contribution is 5.79. The number of carbonyl (C=O) groups is 1. The number of alkyl halides is 3. The molecule has 1 aromatic heterocycles. The summed E-state index contributed by atoms with van der Waals surface area (Å²) in [5.74, 6) is -3.29. The fourth-order valence-electron chi connectivity index (χ4n) is 2.02. The van der Waals surface area contributed by atoms with Gasteiger partial charge in [0.25, 0.3) is 5.91 Å². The third-order valence-electron chi connectivity index (χ3n) is 3.26. The van der Waals surface area contributed by atoms with E-state index in [1.807, 2.05) is 6.07 Å². The standard InChI is InChI=1S/C13H12F3N3O2/c1-8(13(14,15)16)12(20)19-11(2-3-21-19)10-4-9(5-17)6-18-7-10/h4,6-8,11H,2-3H2,1H3/t8?,11-/m0/s1. The van der Waals surface area contributed by atoms with Crippen LogP contribution in [-0.2, 0) is 9.63 Å². The predicted octanol–water partition coefficient (Wildman–Crippen LogP) is 2.36. The van der Waals surface area contributed by atoms with Crippen molar-refractivity contribution in [3.05, 3.63) is 29.6 Å². The number of nitriles is 1. The monoisotopic (exact) mass is 299 g/mol. The molecular weight excluding hydrogens is 287 g/mol. The van der Waals surface area contributed by atoms with Crippen LogP contribution in [0.3, 0.4) is 0 Å². The number of amides is 1. The summed E-state index contributed by atoms with van der Waals surface area (Å²) in [6.45, 7) is 0.933. The lowest BCUT2D eigenvalue weighted by atomic mass is 10.0. The average molecular weight is 299 g/mol. The van der Waals surface area contributed by atoms with E-state index in [1.165, 1.54) is 18.5 Å². The first-order chi connectivity index (χ1) is 9.84. The van der Waals surface area contributed by atoms with Crippen molar-refractivity contribution in [2.45, 2.75) is 25.6 Å². The largest absolute Gasteiger partial charge is 0.400 e. The Morgan fingerprint density at radius 2 is 2.29 bits per heavy atom. The Hall–Kier alpha value is -2.14. The Morgan fingerprint density at radius 1 is 1.57 bits per heavy atom. The van der Waals surface area contributed by atoms with Crippen LogP contribution in [0.15, 0.2) is 18.5 Å². The lowest BCUT2D eigenvalue weighted by Gasteiger charge is -2.26. The van der Waals surface area contributed by atoms with Crippen LogP contribution in [0.1, 0.15) is 30.5 Å². The van der Waals surface area contributed by atoms with Crippen LogP contribution >= 0.6 is 0 Å². The van der Waals surface area contributed by atoms with Crippen LogP contribution in [0.5, 0.6) is 0 Å². The van der Waals surface area contributed by atoms with E-state index < -0.39 is 24.0 Å². The second kappa shape index (κ2) is 5.69. The van der Waals surface area contributed by atoms with Crippen LogP contribution < -0.4 is 0 Å². The molecule has 112 valence electrons. The van der Waals surface area contributed by atoms with E-state index in [1.54, 1.807) is 0 Å². The molecule has 2 atom stereocenters. The van der Waals surface area contributed by atoms with Gasteiger partial charge in [0.1, 0.15) is 12.0 Å². The van der Waals surface area contributed by atoms with Gasteiger partial charge in [0, 0.05) is 18.8 Å². The van der Waals surface area contributed by atoms with E-state index in [4.69, 9.17) is 10.1 Å². The van der Waals surface area contributed by atoms with Crippen molar-refractivity contribution < 1.29 is 22.8 Å². The molecule has 0 aliphatic carbocycles. The van der Waals surface area contributed by atoms with Gasteiger partial charge in [-0.3, -0.25) is 14.6 Å². The molecule has 21 heavy (non-hydrogen) atoms. The van der Waals surface area contributed by atoms with Crippen molar-refractivity contribution in [3.63, 3.8) is 0 Å². The van der Waals surface area contributed by atoms with Gasteiger partial charge in [-0.2, -0.15) is 18.4 Å². The van der Waals surface area contributed by atoms with Crippen LogP contribution in [0, 0.1) is 17.2 Å². The molecule has 1 saturated heterocycles. The normalized spacial score (nSPS) is 20.1. The van der Waals surface area contributed by atoms with Gasteiger partial charge in [-0.25, -0.2) is 5.06 Å². The summed E-state index contributed by atoms with van der Waals surface area (Å²) in [5.41, 5.74) is 0.755. The minimum Gasteiger partial charge on any atom is -0.272 e. The number of aromatic nitrogens is 1. The summed E-state index contributed by atoms with van der Waals surface area (Å²) < 4.78 is 37.9. The Labute approximate surface area is 118 Å². The van der Waals surface area contributed by atoms with Crippen LogP contribution in [0.4, 0.5) is 13.2 Å². The number of nitrogens with zero attached hydrogens (tertiary/aromatic N) is 3. The summed E-state index contributed by atoms with van der Waals surface area (Å²) in [4.78, 5) is 20.8. The van der Waals surface area contributed by atoms with Gasteiger partial charge in [0.2, 0.25) is 0 Å². The van der Waals surface area contributed by atoms with E-state index in [2.05, 4.69) is 4.98 Å². The van der Waals surface area contributed by atoms with Gasteiger partial charge in [0.05, 0.1) is 18.2 Å². The summed E-state index contributed by atoms with van der Waals surface area (Å²) in [6, 6.07) is 2.72. The van der Waals surface area contributed by atoms with E-state index >= 15 is 0 Å². The number of hydroxylamine groups is 2. The van der Waals surface area contributed by atoms with Crippen molar-refractivity contribution in [1.82, 2.24) is 10.0 Å². The van der Waals surface area contributed by atoms with Gasteiger partial charge < -0.3 is 0 Å². The highest BCUT2D eigenvalue weighted by Gasteiger charge is 2.46. The number of rotatable bonds is 2. The Kier molecular flexibility index (Phi) is 4.14. The SMILES string of the molecule is CC(C(=O)N1OCC[C@H]1c1cncc(C#N)c1)C(F)(F)F. The molecular formula is C13H12F3N3O2. The number of hydrogen-bond acceptors (Lipinski definition) is 4.